The molecule has 18 heavy (non-hydrogen) atoms. The molecule has 0 saturated carbocycles. The fourth-order valence-electron chi connectivity index (χ4n) is 0.665. The van der Waals surface area contributed by atoms with Gasteiger partial charge in [0.15, 0.2) is 0 Å². The molecule has 0 aromatic heterocycles. The lowest BCUT2D eigenvalue weighted by Crippen LogP contribution is -2.20. The van der Waals surface area contributed by atoms with Gasteiger partial charge in [0.2, 0.25) is 0 Å². The number of rotatable bonds is 14. The minimum atomic E-state index is -0.887. The minimum absolute atomic E-state index is 0. The molecule has 0 spiro atoms. The third-order valence-corrected chi connectivity index (χ3v) is 11.1. The highest BCUT2D eigenvalue weighted by Crippen LogP contribution is 1.76. The predicted octanol–water partition coefficient (Wildman–Crippen LogP) is -7.30. The quantitative estimate of drug-likeness (QED) is 0.207. The van der Waals surface area contributed by atoms with Crippen molar-refractivity contribution < 1.29 is 22.7 Å². The Hall–Kier alpha value is 5.00. The van der Waals surface area contributed by atoms with E-state index in [-0.39, 0.29) is 17.4 Å². The van der Waals surface area contributed by atoms with Gasteiger partial charge in [-0.1, -0.05) is 0 Å². The first kappa shape index (κ1) is 25.2. The van der Waals surface area contributed by atoms with Gasteiger partial charge in [-0.15, -0.1) is 0 Å². The SMILES string of the molecule is [AlH2][O][AlH][O][AlH][O][AlH][O][AlH][O][AlH][O][AlH][O][AlH][O][AlH2].[Al]. The summed E-state index contributed by atoms with van der Waals surface area (Å²) in [4.78, 5) is 0. The lowest BCUT2D eigenvalue weighted by molar-refractivity contribution is 0.368. The van der Waals surface area contributed by atoms with Gasteiger partial charge in [-0.2, -0.15) is 0 Å². The topological polar surface area (TPSA) is 73.8 Å². The van der Waals surface area contributed by atoms with Crippen LogP contribution < -0.4 is 0 Å². The van der Waals surface area contributed by atoms with Crippen LogP contribution in [0, 0.1) is 0 Å². The molecule has 0 heterocycles. The standard InChI is InChI=1S/10Al.8O.11H. The van der Waals surface area contributed by atoms with Gasteiger partial charge in [0.1, 0.15) is 0 Å². The van der Waals surface area contributed by atoms with Crippen LogP contribution in [0.4, 0.5) is 0 Å². The van der Waals surface area contributed by atoms with Crippen LogP contribution >= 0.6 is 0 Å². The molecule has 0 saturated heterocycles. The van der Waals surface area contributed by atoms with Crippen LogP contribution in [0.1, 0.15) is 0 Å². The molecule has 0 rings (SSSR count). The van der Waals surface area contributed by atoms with Crippen molar-refractivity contribution in [3.63, 3.8) is 0 Å². The molecule has 0 fully saturated rings. The van der Waals surface area contributed by atoms with Crippen LogP contribution in [0.5, 0.6) is 0 Å². The maximum atomic E-state index is 5.33. The molecule has 0 amide bonds. The molecule has 18 heteroatoms. The zero-order chi connectivity index (χ0) is 12.6. The summed E-state index contributed by atoms with van der Waals surface area (Å²) in [5, 5.41) is 0. The Morgan fingerprint density at radius 3 is 0.889 bits per heavy atom. The van der Waals surface area contributed by atoms with Crippen LogP contribution in [0.25, 0.3) is 0 Å². The Kier molecular flexibility index (Phi) is 34.0. The van der Waals surface area contributed by atoms with Gasteiger partial charge >= 0.3 is 144 Å². The Morgan fingerprint density at radius 2 is 0.667 bits per heavy atom. The molecule has 0 N–H and O–H groups in total. The summed E-state index contributed by atoms with van der Waals surface area (Å²) in [6, 6.07) is 0. The number of hydrogen-bond donors (Lipinski definition) is 0. The van der Waals surface area contributed by atoms with Gasteiger partial charge < -0.3 is 22.7 Å². The summed E-state index contributed by atoms with van der Waals surface area (Å²) in [5.41, 5.74) is 0. The zero-order valence-electron chi connectivity index (χ0n) is 10.8. The largest absolute Gasteiger partial charge is 0.623 e. The van der Waals surface area contributed by atoms with Crippen LogP contribution in [0.15, 0.2) is 0 Å². The van der Waals surface area contributed by atoms with Crippen molar-refractivity contribution in [1.29, 1.82) is 0 Å². The predicted molar refractivity (Wildman–Crippen MR) is 81.6 cm³/mol. The molecule has 89 valence electrons. The molecule has 0 atom stereocenters. The van der Waals surface area contributed by atoms with Crippen LogP contribution in [0.3, 0.4) is 0 Å². The highest BCUT2D eigenvalue weighted by Gasteiger charge is 2.06. The minimum Gasteiger partial charge on any atom is -0.623 e. The van der Waals surface area contributed by atoms with E-state index in [1.165, 1.54) is 0 Å². The molecule has 8 nitrogen and oxygen atoms in total. The third-order valence-electron chi connectivity index (χ3n) is 1.24. The monoisotopic (exact) mass is 409 g/mol. The second-order valence-corrected chi connectivity index (χ2v) is 18.7. The molecule has 0 unspecified atom stereocenters. The number of hydrogen-bond acceptors (Lipinski definition) is 8. The van der Waals surface area contributed by atoms with Crippen LogP contribution in [-0.4, -0.2) is 162 Å². The highest BCUT2D eigenvalue weighted by atomic mass is 27.3. The van der Waals surface area contributed by atoms with Crippen molar-refractivity contribution >= 4 is 162 Å². The molecule has 0 aliphatic rings. The summed E-state index contributed by atoms with van der Waals surface area (Å²) in [7, 11) is 0. The Balaban J connectivity index is 0. The molecular weight excluding hydrogens is 398 g/mol. The molecule has 0 aliphatic heterocycles. The van der Waals surface area contributed by atoms with E-state index in [0.29, 0.717) is 0 Å². The van der Waals surface area contributed by atoms with Crippen molar-refractivity contribution in [3.05, 3.63) is 0 Å². The van der Waals surface area contributed by atoms with E-state index >= 15 is 0 Å². The van der Waals surface area contributed by atoms with E-state index < -0.39 is 111 Å². The first-order valence-electron chi connectivity index (χ1n) is 4.86. The molecule has 0 bridgehead atoms. The summed E-state index contributed by atoms with van der Waals surface area (Å²) < 4.78 is 41.7. The van der Waals surface area contributed by atoms with Crippen LogP contribution in [-0.2, 0) is 22.7 Å². The van der Waals surface area contributed by atoms with Crippen molar-refractivity contribution in [3.8, 4) is 0 Å². The summed E-state index contributed by atoms with van der Waals surface area (Å²) >= 11 is -4.21. The highest BCUT2D eigenvalue weighted by molar-refractivity contribution is 6.48. The third kappa shape index (κ3) is 23.3. The normalized spacial score (nSPS) is 8.67. The molecule has 0 aromatic carbocycles. The van der Waals surface area contributed by atoms with Crippen molar-refractivity contribution in [1.82, 2.24) is 0 Å². The van der Waals surface area contributed by atoms with Crippen molar-refractivity contribution in [2.24, 2.45) is 0 Å². The van der Waals surface area contributed by atoms with Gasteiger partial charge in [-0.05, 0) is 0 Å². The van der Waals surface area contributed by atoms with E-state index in [9.17, 15) is 0 Å². The molecule has 0 aromatic rings. The molecule has 3 radical (unpaired) electrons. The summed E-state index contributed by atoms with van der Waals surface area (Å²) in [6.45, 7) is 0. The van der Waals surface area contributed by atoms with Crippen molar-refractivity contribution in [2.45, 2.75) is 0 Å². The van der Waals surface area contributed by atoms with E-state index in [4.69, 9.17) is 22.7 Å². The lowest BCUT2D eigenvalue weighted by Gasteiger charge is -2.06. The van der Waals surface area contributed by atoms with E-state index in [0.717, 1.165) is 33.2 Å². The van der Waals surface area contributed by atoms with Gasteiger partial charge in [0, 0.05) is 17.4 Å². The second kappa shape index (κ2) is 24.3. The maximum absolute atomic E-state index is 5.33. The first-order valence-corrected chi connectivity index (χ1v) is 14.6. The Morgan fingerprint density at radius 1 is 0.444 bits per heavy atom. The summed E-state index contributed by atoms with van der Waals surface area (Å²) in [6.07, 6.45) is 0. The molecular formula is H11Al10O8. The first-order chi connectivity index (χ1) is 8.41. The molecule has 0 aliphatic carbocycles. The van der Waals surface area contributed by atoms with Gasteiger partial charge in [0.05, 0.1) is 0 Å². The summed E-state index contributed by atoms with van der Waals surface area (Å²) in [5.74, 6) is 0. The lowest BCUT2D eigenvalue weighted by atomic mass is 15.7. The fourth-order valence-corrected chi connectivity index (χ4v) is 14.3. The average Bonchev–Trinajstić information content (AvgIpc) is 2.35. The average molecular weight is 409 g/mol. The maximum Gasteiger partial charge on any atom is 0.590 e. The zero-order valence-corrected chi connectivity index (χ0v) is 25.8. The van der Waals surface area contributed by atoms with Gasteiger partial charge in [0.25, 0.3) is 0 Å². The van der Waals surface area contributed by atoms with E-state index in [2.05, 4.69) is 0 Å². The fraction of sp³-hybridized carbons (Fsp3) is 0. The Bertz CT molecular complexity index is 121. The van der Waals surface area contributed by atoms with E-state index in [1.807, 2.05) is 0 Å². The van der Waals surface area contributed by atoms with Crippen molar-refractivity contribution in [2.75, 3.05) is 0 Å². The van der Waals surface area contributed by atoms with Crippen LogP contribution in [0.2, 0.25) is 0 Å². The van der Waals surface area contributed by atoms with E-state index in [1.54, 1.807) is 0 Å². The van der Waals surface area contributed by atoms with Gasteiger partial charge in [-0.3, -0.25) is 0 Å². The smallest absolute Gasteiger partial charge is 0.590 e. The Labute approximate surface area is 181 Å². The van der Waals surface area contributed by atoms with Gasteiger partial charge in [-0.25, -0.2) is 0 Å². The second-order valence-electron chi connectivity index (χ2n) is 2.63.